The number of imidazole rings is 1. The van der Waals surface area contributed by atoms with Crippen LogP contribution in [0.4, 0.5) is 0 Å². The van der Waals surface area contributed by atoms with Gasteiger partial charge in [0.25, 0.3) is 0 Å². The zero-order valence-corrected chi connectivity index (χ0v) is 9.24. The Kier molecular flexibility index (Phi) is 1.61. The van der Waals surface area contributed by atoms with Crippen molar-refractivity contribution < 1.29 is 0 Å². The van der Waals surface area contributed by atoms with Gasteiger partial charge < -0.3 is 4.57 Å². The molecule has 82 valence electrons. The second-order valence-corrected chi connectivity index (χ2v) is 4.29. The highest BCUT2D eigenvalue weighted by Crippen LogP contribution is 2.33. The fourth-order valence-corrected chi connectivity index (χ4v) is 2.49. The average Bonchev–Trinajstić information content (AvgIpc) is 2.96. The van der Waals surface area contributed by atoms with Crippen molar-refractivity contribution in [3.8, 4) is 11.4 Å². The summed E-state index contributed by atoms with van der Waals surface area (Å²) < 4.78 is 4.33. The van der Waals surface area contributed by atoms with Crippen molar-refractivity contribution in [1.29, 1.82) is 0 Å². The third-order valence-corrected chi connectivity index (χ3v) is 3.29. The summed E-state index contributed by atoms with van der Waals surface area (Å²) in [5.41, 5.74) is 4.87. The lowest BCUT2D eigenvalue weighted by atomic mass is 10.1. The fourth-order valence-electron chi connectivity index (χ4n) is 2.49. The van der Waals surface area contributed by atoms with E-state index in [1.807, 2.05) is 12.5 Å². The summed E-state index contributed by atoms with van der Waals surface area (Å²) in [4.78, 5) is 4.27. The van der Waals surface area contributed by atoms with Gasteiger partial charge in [0, 0.05) is 12.4 Å². The van der Waals surface area contributed by atoms with Gasteiger partial charge in [-0.2, -0.15) is 0 Å². The second-order valence-electron chi connectivity index (χ2n) is 4.29. The molecular formula is C14H11N3. The van der Waals surface area contributed by atoms with Crippen molar-refractivity contribution >= 4 is 11.9 Å². The number of aromatic nitrogens is 3. The molecule has 1 aliphatic carbocycles. The summed E-state index contributed by atoms with van der Waals surface area (Å²) in [7, 11) is 0. The molecule has 3 nitrogen and oxygen atoms in total. The molecule has 2 aromatic rings. The maximum Gasteiger partial charge on any atom is 0.0997 e. The molecule has 3 heteroatoms. The first-order valence-corrected chi connectivity index (χ1v) is 5.71. The third kappa shape index (κ3) is 1.13. The van der Waals surface area contributed by atoms with Gasteiger partial charge in [-0.3, -0.25) is 4.57 Å². The molecule has 0 bridgehead atoms. The number of nitrogens with zero attached hydrogens (tertiary/aromatic N) is 3. The maximum atomic E-state index is 4.27. The smallest absolute Gasteiger partial charge is 0.0997 e. The number of fused-ring (bicyclic) bond motifs is 5. The minimum atomic E-state index is 0.973. The predicted molar refractivity (Wildman–Crippen MR) is 68.0 cm³/mol. The number of hydrogen-bond donors (Lipinski definition) is 0. The molecule has 3 heterocycles. The standard InChI is InChI=1S/C14H11N3/c1-2-5-12-11(4-1)9-16-7-3-6-13(16)14-8-15-10-17(12)14/h1-3,5-10H,4H2. The van der Waals surface area contributed by atoms with Crippen molar-refractivity contribution in [2.75, 3.05) is 0 Å². The van der Waals surface area contributed by atoms with E-state index in [4.69, 9.17) is 0 Å². The molecule has 0 spiro atoms. The summed E-state index contributed by atoms with van der Waals surface area (Å²) in [6.45, 7) is 0. The molecular weight excluding hydrogens is 210 g/mol. The largest absolute Gasteiger partial charge is 0.322 e. The Morgan fingerprint density at radius 2 is 2.24 bits per heavy atom. The highest BCUT2D eigenvalue weighted by molar-refractivity contribution is 5.80. The van der Waals surface area contributed by atoms with Crippen molar-refractivity contribution in [2.24, 2.45) is 0 Å². The lowest BCUT2D eigenvalue weighted by Crippen LogP contribution is -2.00. The first-order chi connectivity index (χ1) is 8.43. The van der Waals surface area contributed by atoms with Gasteiger partial charge >= 0.3 is 0 Å². The van der Waals surface area contributed by atoms with Crippen LogP contribution in [0.2, 0.25) is 0 Å². The quantitative estimate of drug-likeness (QED) is 0.670. The third-order valence-electron chi connectivity index (χ3n) is 3.29. The topological polar surface area (TPSA) is 22.8 Å². The zero-order chi connectivity index (χ0) is 11.2. The van der Waals surface area contributed by atoms with Gasteiger partial charge in [-0.05, 0) is 30.2 Å². The first kappa shape index (κ1) is 8.82. The molecule has 17 heavy (non-hydrogen) atoms. The molecule has 0 fully saturated rings. The van der Waals surface area contributed by atoms with E-state index in [0.717, 1.165) is 12.1 Å². The number of allylic oxidation sites excluding steroid dienone is 5. The van der Waals surface area contributed by atoms with Crippen LogP contribution >= 0.6 is 0 Å². The summed E-state index contributed by atoms with van der Waals surface area (Å²) in [5.74, 6) is 0. The van der Waals surface area contributed by atoms with E-state index in [1.54, 1.807) is 0 Å². The first-order valence-electron chi connectivity index (χ1n) is 5.71. The highest BCUT2D eigenvalue weighted by Gasteiger charge is 2.19. The van der Waals surface area contributed by atoms with E-state index >= 15 is 0 Å². The van der Waals surface area contributed by atoms with Crippen LogP contribution in [0.5, 0.6) is 0 Å². The van der Waals surface area contributed by atoms with E-state index < -0.39 is 0 Å². The van der Waals surface area contributed by atoms with Gasteiger partial charge in [-0.25, -0.2) is 4.98 Å². The van der Waals surface area contributed by atoms with Crippen LogP contribution < -0.4 is 0 Å². The maximum absolute atomic E-state index is 4.27. The predicted octanol–water partition coefficient (Wildman–Crippen LogP) is 3.01. The lowest BCUT2D eigenvalue weighted by Gasteiger charge is -2.13. The van der Waals surface area contributed by atoms with Gasteiger partial charge in [0.2, 0.25) is 0 Å². The van der Waals surface area contributed by atoms with Crippen molar-refractivity contribution in [3.63, 3.8) is 0 Å². The molecule has 2 aliphatic rings. The summed E-state index contributed by atoms with van der Waals surface area (Å²) in [6.07, 6.45) is 15.5. The van der Waals surface area contributed by atoms with Crippen molar-refractivity contribution in [3.05, 3.63) is 54.7 Å². The molecule has 0 saturated carbocycles. The Balaban J connectivity index is 2.10. The molecule has 2 aromatic heterocycles. The van der Waals surface area contributed by atoms with E-state index in [2.05, 4.69) is 56.9 Å². The monoisotopic (exact) mass is 221 g/mol. The molecule has 0 unspecified atom stereocenters. The van der Waals surface area contributed by atoms with Gasteiger partial charge in [0.05, 0.1) is 29.6 Å². The molecule has 1 aliphatic heterocycles. The van der Waals surface area contributed by atoms with Gasteiger partial charge in [0.15, 0.2) is 0 Å². The van der Waals surface area contributed by atoms with E-state index in [9.17, 15) is 0 Å². The normalized spacial score (nSPS) is 16.5. The Morgan fingerprint density at radius 1 is 1.24 bits per heavy atom. The summed E-state index contributed by atoms with van der Waals surface area (Å²) in [5, 5.41) is 0. The van der Waals surface area contributed by atoms with E-state index in [0.29, 0.717) is 0 Å². The van der Waals surface area contributed by atoms with Crippen molar-refractivity contribution in [1.82, 2.24) is 14.1 Å². The Hall–Kier alpha value is -2.29. The van der Waals surface area contributed by atoms with Crippen LogP contribution in [0.25, 0.3) is 23.3 Å². The molecule has 0 aromatic carbocycles. The van der Waals surface area contributed by atoms with Gasteiger partial charge in [0.1, 0.15) is 0 Å². The molecule has 0 radical (unpaired) electrons. The van der Waals surface area contributed by atoms with Crippen LogP contribution in [-0.4, -0.2) is 14.1 Å². The molecule has 0 N–H and O–H groups in total. The van der Waals surface area contributed by atoms with Crippen molar-refractivity contribution in [2.45, 2.75) is 6.42 Å². The van der Waals surface area contributed by atoms with Crippen LogP contribution in [-0.2, 0) is 0 Å². The minimum absolute atomic E-state index is 0.973. The SMILES string of the molecule is C1=CCC2=Cn3cccc3-c3cncn3C2=C1. The Labute approximate surface area is 99.0 Å². The van der Waals surface area contributed by atoms with Gasteiger partial charge in [-0.1, -0.05) is 12.2 Å². The number of rotatable bonds is 0. The average molecular weight is 221 g/mol. The molecule has 0 saturated heterocycles. The minimum Gasteiger partial charge on any atom is -0.322 e. The number of hydrogen-bond acceptors (Lipinski definition) is 1. The van der Waals surface area contributed by atoms with Crippen LogP contribution in [0, 0.1) is 0 Å². The summed E-state index contributed by atoms with van der Waals surface area (Å²) in [6, 6.07) is 4.19. The zero-order valence-electron chi connectivity index (χ0n) is 9.24. The van der Waals surface area contributed by atoms with Crippen LogP contribution in [0.15, 0.2) is 54.7 Å². The van der Waals surface area contributed by atoms with Crippen LogP contribution in [0.1, 0.15) is 6.42 Å². The fraction of sp³-hybridized carbons (Fsp3) is 0.0714. The van der Waals surface area contributed by atoms with E-state index in [-0.39, 0.29) is 0 Å². The molecule has 0 atom stereocenters. The Morgan fingerprint density at radius 3 is 3.24 bits per heavy atom. The molecule has 0 amide bonds. The van der Waals surface area contributed by atoms with E-state index in [1.165, 1.54) is 17.0 Å². The van der Waals surface area contributed by atoms with Crippen LogP contribution in [0.3, 0.4) is 0 Å². The Bertz CT molecular complexity index is 680. The summed E-state index contributed by atoms with van der Waals surface area (Å²) >= 11 is 0. The van der Waals surface area contributed by atoms with Gasteiger partial charge in [-0.15, -0.1) is 0 Å². The lowest BCUT2D eigenvalue weighted by molar-refractivity contribution is 1.07. The molecule has 4 rings (SSSR count). The highest BCUT2D eigenvalue weighted by atomic mass is 15.1. The second kappa shape index (κ2) is 3.10.